The number of fused-ring (bicyclic) bond motifs is 1. The lowest BCUT2D eigenvalue weighted by Gasteiger charge is -2.18. The molecule has 6 nitrogen and oxygen atoms in total. The summed E-state index contributed by atoms with van der Waals surface area (Å²) in [7, 11) is 1.53. The number of nitrogens with zero attached hydrogens (tertiary/aromatic N) is 1. The highest BCUT2D eigenvalue weighted by Crippen LogP contribution is 2.41. The summed E-state index contributed by atoms with van der Waals surface area (Å²) in [5, 5.41) is 4.20. The van der Waals surface area contributed by atoms with Crippen molar-refractivity contribution in [3.05, 3.63) is 88.2 Å². The van der Waals surface area contributed by atoms with Crippen LogP contribution >= 0.6 is 0 Å². The van der Waals surface area contributed by atoms with Crippen molar-refractivity contribution < 1.29 is 9.53 Å². The first-order valence-corrected chi connectivity index (χ1v) is 11.0. The molecule has 6 heteroatoms. The number of anilines is 2. The number of aromatic nitrogens is 1. The Bertz CT molecular complexity index is 1430. The van der Waals surface area contributed by atoms with Crippen molar-refractivity contribution in [3.63, 3.8) is 0 Å². The van der Waals surface area contributed by atoms with Crippen LogP contribution in [-0.2, 0) is 0 Å². The number of ether oxygens (including phenoxy) is 1. The summed E-state index contributed by atoms with van der Waals surface area (Å²) >= 11 is 0. The zero-order valence-corrected chi connectivity index (χ0v) is 18.6. The van der Waals surface area contributed by atoms with Gasteiger partial charge in [-0.3, -0.25) is 14.2 Å². The van der Waals surface area contributed by atoms with Crippen LogP contribution in [0.5, 0.6) is 5.75 Å². The number of pyridine rings is 1. The summed E-state index contributed by atoms with van der Waals surface area (Å²) in [5.41, 5.74) is 10.4. The molecule has 5 rings (SSSR count). The lowest BCUT2D eigenvalue weighted by atomic mass is 9.98. The molecule has 0 bridgehead atoms. The minimum absolute atomic E-state index is 0.123. The minimum atomic E-state index is -0.302. The van der Waals surface area contributed by atoms with Crippen LogP contribution in [0.4, 0.5) is 11.5 Å². The van der Waals surface area contributed by atoms with E-state index in [1.165, 1.54) is 7.11 Å². The number of aryl methyl sites for hydroxylation is 1. The van der Waals surface area contributed by atoms with Gasteiger partial charge in [0.15, 0.2) is 0 Å². The van der Waals surface area contributed by atoms with Gasteiger partial charge in [-0.05, 0) is 55.0 Å². The molecular weight excluding hydrogens is 414 g/mol. The Kier molecular flexibility index (Phi) is 5.13. The monoisotopic (exact) mass is 439 g/mol. The fourth-order valence-corrected chi connectivity index (χ4v) is 4.26. The summed E-state index contributed by atoms with van der Waals surface area (Å²) in [6, 6.07) is 20.7. The van der Waals surface area contributed by atoms with Gasteiger partial charge in [-0.1, -0.05) is 48.0 Å². The van der Waals surface area contributed by atoms with E-state index in [0.29, 0.717) is 28.2 Å². The average molecular weight is 440 g/mol. The van der Waals surface area contributed by atoms with Crippen LogP contribution < -0.4 is 21.3 Å². The summed E-state index contributed by atoms with van der Waals surface area (Å²) in [6.45, 7) is 2.03. The molecular formula is C27H25N3O3. The van der Waals surface area contributed by atoms with Crippen molar-refractivity contribution in [1.82, 2.24) is 4.57 Å². The number of benzene rings is 3. The molecule has 1 saturated carbocycles. The third-order valence-corrected chi connectivity index (χ3v) is 6.12. The lowest BCUT2D eigenvalue weighted by molar-refractivity contribution is 0.102. The molecule has 4 aromatic rings. The Morgan fingerprint density at radius 1 is 1.03 bits per heavy atom. The number of rotatable bonds is 5. The normalized spacial score (nSPS) is 13.2. The van der Waals surface area contributed by atoms with Gasteiger partial charge < -0.3 is 15.8 Å². The highest BCUT2D eigenvalue weighted by molar-refractivity contribution is 6.08. The van der Waals surface area contributed by atoms with Gasteiger partial charge in [0, 0.05) is 17.3 Å². The van der Waals surface area contributed by atoms with Gasteiger partial charge in [0.2, 0.25) is 0 Å². The molecule has 0 atom stereocenters. The summed E-state index contributed by atoms with van der Waals surface area (Å²) < 4.78 is 7.01. The van der Waals surface area contributed by atoms with E-state index in [-0.39, 0.29) is 17.5 Å². The molecule has 166 valence electrons. The van der Waals surface area contributed by atoms with Crippen molar-refractivity contribution >= 4 is 28.2 Å². The predicted molar refractivity (Wildman–Crippen MR) is 132 cm³/mol. The number of carbonyl (C=O) groups is 1. The highest BCUT2D eigenvalue weighted by atomic mass is 16.5. The smallest absolute Gasteiger partial charge is 0.260 e. The maximum atomic E-state index is 13.4. The fourth-order valence-electron chi connectivity index (χ4n) is 4.26. The van der Waals surface area contributed by atoms with Crippen LogP contribution in [0.15, 0.2) is 71.5 Å². The van der Waals surface area contributed by atoms with E-state index in [4.69, 9.17) is 10.5 Å². The van der Waals surface area contributed by atoms with E-state index < -0.39 is 0 Å². The number of hydrogen-bond donors (Lipinski definition) is 2. The van der Waals surface area contributed by atoms with E-state index in [1.807, 2.05) is 43.3 Å². The zero-order valence-electron chi connectivity index (χ0n) is 18.6. The first-order chi connectivity index (χ1) is 16.0. The van der Waals surface area contributed by atoms with Crippen LogP contribution in [0, 0.1) is 6.92 Å². The molecule has 1 amide bonds. The molecule has 0 unspecified atom stereocenters. The van der Waals surface area contributed by atoms with E-state index in [9.17, 15) is 9.59 Å². The largest absolute Gasteiger partial charge is 0.496 e. The van der Waals surface area contributed by atoms with Crippen molar-refractivity contribution in [3.8, 4) is 16.9 Å². The van der Waals surface area contributed by atoms with Gasteiger partial charge in [0.05, 0.1) is 18.1 Å². The zero-order chi connectivity index (χ0) is 23.1. The third kappa shape index (κ3) is 3.74. The molecule has 1 aliphatic carbocycles. The van der Waals surface area contributed by atoms with Gasteiger partial charge in [0.1, 0.15) is 11.6 Å². The molecule has 1 heterocycles. The second-order valence-corrected chi connectivity index (χ2v) is 8.45. The molecule has 0 saturated heterocycles. The number of carbonyl (C=O) groups excluding carboxylic acids is 1. The molecule has 0 radical (unpaired) electrons. The SMILES string of the molecule is COc1ccccc1C(=O)Nc1ccc2c(-c3ccc(C)cc3)c(N)n(C3CC3)c(=O)c2c1. The number of methoxy groups -OCH3 is 1. The van der Waals surface area contributed by atoms with Crippen molar-refractivity contribution in [2.45, 2.75) is 25.8 Å². The Morgan fingerprint density at radius 3 is 2.45 bits per heavy atom. The van der Waals surface area contributed by atoms with E-state index >= 15 is 0 Å². The molecule has 1 fully saturated rings. The molecule has 33 heavy (non-hydrogen) atoms. The lowest BCUT2D eigenvalue weighted by Crippen LogP contribution is -2.23. The van der Waals surface area contributed by atoms with E-state index in [2.05, 4.69) is 5.32 Å². The standard InChI is InChI=1S/C27H25N3O3/c1-16-7-9-17(10-8-16)24-20-14-11-18(29-26(31)21-5-3-4-6-23(21)33-2)15-22(20)27(32)30(25(24)28)19-12-13-19/h3-11,14-15,19H,12-13,28H2,1-2H3,(H,29,31). The first kappa shape index (κ1) is 20.8. The topological polar surface area (TPSA) is 86.3 Å². The van der Waals surface area contributed by atoms with Gasteiger partial charge in [-0.2, -0.15) is 0 Å². The second kappa shape index (κ2) is 8.13. The number of nitrogens with two attached hydrogens (primary N) is 1. The molecule has 0 spiro atoms. The van der Waals surface area contributed by atoms with Crippen LogP contribution in [-0.4, -0.2) is 17.6 Å². The Labute approximate surface area is 191 Å². The average Bonchev–Trinajstić information content (AvgIpc) is 3.66. The molecule has 3 N–H and O–H groups in total. The Morgan fingerprint density at radius 2 is 1.76 bits per heavy atom. The van der Waals surface area contributed by atoms with Crippen LogP contribution in [0.1, 0.15) is 34.8 Å². The highest BCUT2D eigenvalue weighted by Gasteiger charge is 2.29. The Hall–Kier alpha value is -4.06. The first-order valence-electron chi connectivity index (χ1n) is 11.0. The number of amides is 1. The molecule has 1 aliphatic rings. The molecule has 3 aromatic carbocycles. The van der Waals surface area contributed by atoms with Crippen LogP contribution in [0.25, 0.3) is 21.9 Å². The summed E-state index contributed by atoms with van der Waals surface area (Å²) in [4.78, 5) is 26.3. The van der Waals surface area contributed by atoms with Crippen LogP contribution in [0.2, 0.25) is 0 Å². The predicted octanol–water partition coefficient (Wildman–Crippen LogP) is 5.15. The Balaban J connectivity index is 1.64. The van der Waals surface area contributed by atoms with Crippen molar-refractivity contribution in [1.29, 1.82) is 0 Å². The fraction of sp³-hybridized carbons (Fsp3) is 0.185. The van der Waals surface area contributed by atoms with Crippen molar-refractivity contribution in [2.24, 2.45) is 0 Å². The number of nitrogen functional groups attached to an aromatic ring is 1. The number of hydrogen-bond acceptors (Lipinski definition) is 4. The van der Waals surface area contributed by atoms with Gasteiger partial charge in [-0.15, -0.1) is 0 Å². The second-order valence-electron chi connectivity index (χ2n) is 8.45. The number of para-hydroxylation sites is 1. The molecule has 1 aromatic heterocycles. The van der Waals surface area contributed by atoms with Crippen molar-refractivity contribution in [2.75, 3.05) is 18.2 Å². The quantitative estimate of drug-likeness (QED) is 0.450. The van der Waals surface area contributed by atoms with Gasteiger partial charge in [-0.25, -0.2) is 0 Å². The number of nitrogens with one attached hydrogen (secondary N) is 1. The minimum Gasteiger partial charge on any atom is -0.496 e. The maximum absolute atomic E-state index is 13.4. The van der Waals surface area contributed by atoms with E-state index in [1.54, 1.807) is 34.9 Å². The van der Waals surface area contributed by atoms with Gasteiger partial charge >= 0.3 is 0 Å². The maximum Gasteiger partial charge on any atom is 0.260 e. The van der Waals surface area contributed by atoms with Gasteiger partial charge in [0.25, 0.3) is 11.5 Å². The van der Waals surface area contributed by atoms with Crippen LogP contribution in [0.3, 0.4) is 0 Å². The molecule has 0 aliphatic heterocycles. The summed E-state index contributed by atoms with van der Waals surface area (Å²) in [5.74, 6) is 0.675. The third-order valence-electron chi connectivity index (χ3n) is 6.12. The summed E-state index contributed by atoms with van der Waals surface area (Å²) in [6.07, 6.45) is 1.88. The van der Waals surface area contributed by atoms with E-state index in [0.717, 1.165) is 34.9 Å².